The topological polar surface area (TPSA) is 32.3 Å². The second-order valence-electron chi connectivity index (χ2n) is 6.13. The molecule has 1 spiro atoms. The molecule has 0 atom stereocenters. The number of hydrogen-bond acceptors (Lipinski definition) is 4. The Labute approximate surface area is 115 Å². The van der Waals surface area contributed by atoms with Crippen LogP contribution in [0.25, 0.3) is 0 Å². The molecule has 1 saturated heterocycles. The van der Waals surface area contributed by atoms with Gasteiger partial charge >= 0.3 is 0 Å². The molecule has 2 fully saturated rings. The van der Waals surface area contributed by atoms with Gasteiger partial charge in [-0.1, -0.05) is 19.3 Å². The highest BCUT2D eigenvalue weighted by Crippen LogP contribution is 2.36. The van der Waals surface area contributed by atoms with Crippen LogP contribution in [-0.2, 0) is 0 Å². The molecule has 4 heteroatoms. The molecular weight excluding hydrogens is 236 g/mol. The zero-order valence-electron chi connectivity index (χ0n) is 12.1. The molecule has 0 unspecified atom stereocenters. The summed E-state index contributed by atoms with van der Waals surface area (Å²) >= 11 is 0. The van der Waals surface area contributed by atoms with Crippen molar-refractivity contribution in [3.05, 3.63) is 18.0 Å². The van der Waals surface area contributed by atoms with E-state index < -0.39 is 0 Å². The van der Waals surface area contributed by atoms with E-state index in [1.165, 1.54) is 32.1 Å². The van der Waals surface area contributed by atoms with E-state index in [9.17, 15) is 0 Å². The van der Waals surface area contributed by atoms with E-state index in [4.69, 9.17) is 0 Å². The largest absolute Gasteiger partial charge is 0.338 e. The first-order chi connectivity index (χ1) is 9.20. The summed E-state index contributed by atoms with van der Waals surface area (Å²) < 4.78 is 0. The van der Waals surface area contributed by atoms with Crippen molar-refractivity contribution in [2.75, 3.05) is 31.6 Å². The highest BCUT2D eigenvalue weighted by Gasteiger charge is 2.40. The van der Waals surface area contributed by atoms with Crippen LogP contribution in [0.2, 0.25) is 0 Å². The molecule has 0 amide bonds. The van der Waals surface area contributed by atoms with Gasteiger partial charge in [-0.15, -0.1) is 0 Å². The standard InChI is InChI=1S/C15H24N4/c1-13-6-9-16-14(17-13)19-11-10-18(2)15(12-19)7-4-3-5-8-15/h6,9H,3-5,7-8,10-12H2,1-2H3. The fraction of sp³-hybridized carbons (Fsp3) is 0.733. The van der Waals surface area contributed by atoms with Crippen molar-refractivity contribution in [1.29, 1.82) is 0 Å². The zero-order chi connectivity index (χ0) is 13.3. The maximum atomic E-state index is 4.60. The van der Waals surface area contributed by atoms with E-state index in [0.717, 1.165) is 31.3 Å². The Morgan fingerprint density at radius 2 is 1.95 bits per heavy atom. The first kappa shape index (κ1) is 12.9. The van der Waals surface area contributed by atoms with E-state index in [1.54, 1.807) is 0 Å². The van der Waals surface area contributed by atoms with Gasteiger partial charge in [-0.3, -0.25) is 4.90 Å². The number of aryl methyl sites for hydroxylation is 1. The molecule has 1 aliphatic carbocycles. The monoisotopic (exact) mass is 260 g/mol. The molecule has 1 aromatic rings. The molecule has 0 aromatic carbocycles. The molecule has 19 heavy (non-hydrogen) atoms. The van der Waals surface area contributed by atoms with Gasteiger partial charge in [0.15, 0.2) is 0 Å². The molecule has 0 bridgehead atoms. The minimum atomic E-state index is 0.365. The lowest BCUT2D eigenvalue weighted by Gasteiger charge is -2.51. The summed E-state index contributed by atoms with van der Waals surface area (Å²) in [7, 11) is 2.29. The van der Waals surface area contributed by atoms with Crippen LogP contribution in [0.5, 0.6) is 0 Å². The molecule has 4 nitrogen and oxygen atoms in total. The van der Waals surface area contributed by atoms with Gasteiger partial charge in [0.1, 0.15) is 0 Å². The third-order valence-electron chi connectivity index (χ3n) is 4.85. The van der Waals surface area contributed by atoms with Crippen LogP contribution in [0.3, 0.4) is 0 Å². The minimum Gasteiger partial charge on any atom is -0.338 e. The Bertz CT molecular complexity index is 440. The molecule has 3 rings (SSSR count). The number of aromatic nitrogens is 2. The van der Waals surface area contributed by atoms with Gasteiger partial charge in [0.05, 0.1) is 0 Å². The van der Waals surface area contributed by atoms with E-state index in [1.807, 2.05) is 19.2 Å². The molecule has 1 saturated carbocycles. The number of hydrogen-bond donors (Lipinski definition) is 0. The predicted molar refractivity (Wildman–Crippen MR) is 77.4 cm³/mol. The number of anilines is 1. The van der Waals surface area contributed by atoms with Crippen molar-refractivity contribution in [3.63, 3.8) is 0 Å². The number of likely N-dealkylation sites (N-methyl/N-ethyl adjacent to an activating group) is 1. The summed E-state index contributed by atoms with van der Waals surface area (Å²) in [6.07, 6.45) is 8.66. The fourth-order valence-corrected chi connectivity index (χ4v) is 3.57. The van der Waals surface area contributed by atoms with Crippen LogP contribution in [0.1, 0.15) is 37.8 Å². The third-order valence-corrected chi connectivity index (χ3v) is 4.85. The molecule has 0 N–H and O–H groups in total. The summed E-state index contributed by atoms with van der Waals surface area (Å²) in [5.74, 6) is 0.915. The lowest BCUT2D eigenvalue weighted by atomic mass is 9.79. The van der Waals surface area contributed by atoms with Crippen molar-refractivity contribution in [2.24, 2.45) is 0 Å². The van der Waals surface area contributed by atoms with Gasteiger partial charge in [-0.05, 0) is 32.9 Å². The van der Waals surface area contributed by atoms with Crippen LogP contribution in [0, 0.1) is 6.92 Å². The molecule has 2 aliphatic rings. The van der Waals surface area contributed by atoms with Crippen LogP contribution < -0.4 is 4.90 Å². The van der Waals surface area contributed by atoms with Gasteiger partial charge in [-0.25, -0.2) is 9.97 Å². The van der Waals surface area contributed by atoms with Crippen LogP contribution in [0.4, 0.5) is 5.95 Å². The van der Waals surface area contributed by atoms with Crippen molar-refractivity contribution in [2.45, 2.75) is 44.6 Å². The third kappa shape index (κ3) is 2.46. The SMILES string of the molecule is Cc1ccnc(N2CCN(C)C3(CCCCC3)C2)n1. The Morgan fingerprint density at radius 1 is 1.16 bits per heavy atom. The van der Waals surface area contributed by atoms with Crippen molar-refractivity contribution in [3.8, 4) is 0 Å². The first-order valence-electron chi connectivity index (χ1n) is 7.45. The van der Waals surface area contributed by atoms with Gasteiger partial charge in [0.25, 0.3) is 0 Å². The quantitative estimate of drug-likeness (QED) is 0.775. The summed E-state index contributed by atoms with van der Waals surface area (Å²) in [4.78, 5) is 14.0. The van der Waals surface area contributed by atoms with Crippen molar-refractivity contribution < 1.29 is 0 Å². The summed E-state index contributed by atoms with van der Waals surface area (Å²) in [5, 5.41) is 0. The van der Waals surface area contributed by atoms with Gasteiger partial charge in [0.2, 0.25) is 5.95 Å². The van der Waals surface area contributed by atoms with E-state index in [2.05, 4.69) is 26.8 Å². The zero-order valence-corrected chi connectivity index (χ0v) is 12.1. The second kappa shape index (κ2) is 5.08. The normalized spacial score (nSPS) is 23.8. The fourth-order valence-electron chi connectivity index (χ4n) is 3.57. The minimum absolute atomic E-state index is 0.365. The van der Waals surface area contributed by atoms with Gasteiger partial charge in [0, 0.05) is 37.1 Å². The Kier molecular flexibility index (Phi) is 3.44. The molecule has 0 radical (unpaired) electrons. The van der Waals surface area contributed by atoms with Crippen molar-refractivity contribution in [1.82, 2.24) is 14.9 Å². The second-order valence-corrected chi connectivity index (χ2v) is 6.13. The van der Waals surface area contributed by atoms with E-state index in [0.29, 0.717) is 5.54 Å². The highest BCUT2D eigenvalue weighted by molar-refractivity contribution is 5.33. The Morgan fingerprint density at radius 3 is 2.68 bits per heavy atom. The van der Waals surface area contributed by atoms with Gasteiger partial charge in [-0.2, -0.15) is 0 Å². The number of piperazine rings is 1. The predicted octanol–water partition coefficient (Wildman–Crippen LogP) is 2.24. The smallest absolute Gasteiger partial charge is 0.225 e. The average molecular weight is 260 g/mol. The van der Waals surface area contributed by atoms with Crippen LogP contribution >= 0.6 is 0 Å². The highest BCUT2D eigenvalue weighted by atomic mass is 15.3. The average Bonchev–Trinajstić information content (AvgIpc) is 2.43. The maximum absolute atomic E-state index is 4.60. The number of nitrogens with zero attached hydrogens (tertiary/aromatic N) is 4. The molecule has 1 aliphatic heterocycles. The first-order valence-corrected chi connectivity index (χ1v) is 7.45. The van der Waals surface area contributed by atoms with Crippen molar-refractivity contribution >= 4 is 5.95 Å². The maximum Gasteiger partial charge on any atom is 0.225 e. The Balaban J connectivity index is 1.81. The molecule has 2 heterocycles. The Hall–Kier alpha value is -1.16. The number of rotatable bonds is 1. The molecule has 1 aromatic heterocycles. The lowest BCUT2D eigenvalue weighted by molar-refractivity contribution is 0.0629. The summed E-state index contributed by atoms with van der Waals surface area (Å²) in [6, 6.07) is 1.97. The molecule has 104 valence electrons. The summed E-state index contributed by atoms with van der Waals surface area (Å²) in [5.41, 5.74) is 1.42. The lowest BCUT2D eigenvalue weighted by Crippen LogP contribution is -2.62. The van der Waals surface area contributed by atoms with Crippen LogP contribution in [-0.4, -0.2) is 47.1 Å². The van der Waals surface area contributed by atoms with E-state index >= 15 is 0 Å². The van der Waals surface area contributed by atoms with Crippen LogP contribution in [0.15, 0.2) is 12.3 Å². The molecular formula is C15H24N4. The van der Waals surface area contributed by atoms with Gasteiger partial charge < -0.3 is 4.90 Å². The van der Waals surface area contributed by atoms with E-state index in [-0.39, 0.29) is 0 Å². The summed E-state index contributed by atoms with van der Waals surface area (Å²) in [6.45, 7) is 5.30.